The van der Waals surface area contributed by atoms with Gasteiger partial charge in [-0.15, -0.1) is 0 Å². The standard InChI is InChI=1S/C20H22Cl2N2O4S/c1-2-15-6-3-4-9-18(15)28-14-19(25)23-10-12-24(13-11-23)29(26,27)20-16(21)7-5-8-17(20)22/h3-9H,2,10-14H2,1H3. The smallest absolute Gasteiger partial charge is 0.260 e. The first-order chi connectivity index (χ1) is 13.8. The highest BCUT2D eigenvalue weighted by atomic mass is 35.5. The molecule has 0 bridgehead atoms. The third-order valence-electron chi connectivity index (χ3n) is 4.81. The highest BCUT2D eigenvalue weighted by Crippen LogP contribution is 2.31. The lowest BCUT2D eigenvalue weighted by molar-refractivity contribution is -0.134. The maximum atomic E-state index is 12.9. The van der Waals surface area contributed by atoms with Crippen molar-refractivity contribution in [2.45, 2.75) is 18.2 Å². The van der Waals surface area contributed by atoms with Crippen LogP contribution in [0.4, 0.5) is 0 Å². The quantitative estimate of drug-likeness (QED) is 0.667. The summed E-state index contributed by atoms with van der Waals surface area (Å²) in [6.07, 6.45) is 0.811. The first-order valence-electron chi connectivity index (χ1n) is 9.27. The molecule has 0 radical (unpaired) electrons. The molecule has 156 valence electrons. The molecule has 9 heteroatoms. The molecule has 1 saturated heterocycles. The van der Waals surface area contributed by atoms with Gasteiger partial charge in [0.2, 0.25) is 10.0 Å². The Morgan fingerprint density at radius 3 is 2.24 bits per heavy atom. The minimum atomic E-state index is -3.84. The van der Waals surface area contributed by atoms with Crippen LogP contribution in [0, 0.1) is 0 Å². The number of para-hydroxylation sites is 1. The number of amides is 1. The first-order valence-corrected chi connectivity index (χ1v) is 11.5. The number of nitrogens with zero attached hydrogens (tertiary/aromatic N) is 2. The van der Waals surface area contributed by atoms with E-state index in [-0.39, 0.29) is 53.6 Å². The fourth-order valence-electron chi connectivity index (χ4n) is 3.20. The third-order valence-corrected chi connectivity index (χ3v) is 7.67. The number of hydrogen-bond donors (Lipinski definition) is 0. The van der Waals surface area contributed by atoms with Crippen LogP contribution < -0.4 is 4.74 Å². The van der Waals surface area contributed by atoms with E-state index in [1.165, 1.54) is 16.4 Å². The summed E-state index contributed by atoms with van der Waals surface area (Å²) < 4.78 is 32.8. The van der Waals surface area contributed by atoms with E-state index in [9.17, 15) is 13.2 Å². The fraction of sp³-hybridized carbons (Fsp3) is 0.350. The van der Waals surface area contributed by atoms with Gasteiger partial charge in [0.15, 0.2) is 6.61 Å². The topological polar surface area (TPSA) is 66.9 Å². The number of rotatable bonds is 6. The predicted octanol–water partition coefficient (Wildman–Crippen LogP) is 3.47. The Morgan fingerprint density at radius 2 is 1.62 bits per heavy atom. The van der Waals surface area contributed by atoms with Gasteiger partial charge in [0, 0.05) is 26.2 Å². The number of hydrogen-bond acceptors (Lipinski definition) is 4. The highest BCUT2D eigenvalue weighted by Gasteiger charge is 2.33. The zero-order chi connectivity index (χ0) is 21.0. The lowest BCUT2D eigenvalue weighted by Crippen LogP contribution is -2.51. The van der Waals surface area contributed by atoms with Gasteiger partial charge in [-0.25, -0.2) is 8.42 Å². The maximum Gasteiger partial charge on any atom is 0.260 e. The van der Waals surface area contributed by atoms with Crippen LogP contribution in [0.5, 0.6) is 5.75 Å². The molecule has 1 amide bonds. The number of piperazine rings is 1. The van der Waals surface area contributed by atoms with Gasteiger partial charge in [-0.2, -0.15) is 4.31 Å². The lowest BCUT2D eigenvalue weighted by atomic mass is 10.1. The average Bonchev–Trinajstić information content (AvgIpc) is 2.72. The summed E-state index contributed by atoms with van der Waals surface area (Å²) in [5.41, 5.74) is 1.04. The second-order valence-corrected chi connectivity index (χ2v) is 9.27. The van der Waals surface area contributed by atoms with Crippen LogP contribution in [0.3, 0.4) is 0 Å². The van der Waals surface area contributed by atoms with Crippen molar-refractivity contribution in [2.24, 2.45) is 0 Å². The Labute approximate surface area is 181 Å². The number of ether oxygens (including phenoxy) is 1. The lowest BCUT2D eigenvalue weighted by Gasteiger charge is -2.34. The van der Waals surface area contributed by atoms with Crippen molar-refractivity contribution in [1.29, 1.82) is 0 Å². The number of carbonyl (C=O) groups excluding carboxylic acids is 1. The van der Waals surface area contributed by atoms with Crippen molar-refractivity contribution in [3.05, 3.63) is 58.1 Å². The summed E-state index contributed by atoms with van der Waals surface area (Å²) in [5, 5.41) is 0.165. The minimum absolute atomic E-state index is 0.0824. The van der Waals surface area contributed by atoms with Crippen molar-refractivity contribution in [3.8, 4) is 5.75 Å². The van der Waals surface area contributed by atoms with Crippen LogP contribution in [-0.4, -0.2) is 56.3 Å². The molecule has 29 heavy (non-hydrogen) atoms. The molecular formula is C20H22Cl2N2O4S. The van der Waals surface area contributed by atoms with E-state index in [1.54, 1.807) is 11.0 Å². The molecule has 1 fully saturated rings. The van der Waals surface area contributed by atoms with Crippen LogP contribution in [0.25, 0.3) is 0 Å². The maximum absolute atomic E-state index is 12.9. The van der Waals surface area contributed by atoms with E-state index in [0.717, 1.165) is 12.0 Å². The van der Waals surface area contributed by atoms with E-state index in [0.29, 0.717) is 5.75 Å². The summed E-state index contributed by atoms with van der Waals surface area (Å²) in [6, 6.07) is 12.2. The van der Waals surface area contributed by atoms with Crippen LogP contribution in [0.15, 0.2) is 47.4 Å². The van der Waals surface area contributed by atoms with Crippen LogP contribution in [0.2, 0.25) is 10.0 Å². The van der Waals surface area contributed by atoms with Gasteiger partial charge < -0.3 is 9.64 Å². The summed E-state index contributed by atoms with van der Waals surface area (Å²) in [5.74, 6) is 0.515. The van der Waals surface area contributed by atoms with Crippen molar-refractivity contribution < 1.29 is 17.9 Å². The second-order valence-electron chi connectivity index (χ2n) is 6.59. The Morgan fingerprint density at radius 1 is 1.00 bits per heavy atom. The zero-order valence-electron chi connectivity index (χ0n) is 16.0. The highest BCUT2D eigenvalue weighted by molar-refractivity contribution is 7.89. The second kappa shape index (κ2) is 9.34. The Kier molecular flexibility index (Phi) is 7.05. The van der Waals surface area contributed by atoms with Gasteiger partial charge in [-0.3, -0.25) is 4.79 Å². The molecule has 6 nitrogen and oxygen atoms in total. The normalized spacial score (nSPS) is 15.3. The summed E-state index contributed by atoms with van der Waals surface area (Å²) >= 11 is 12.1. The average molecular weight is 457 g/mol. The van der Waals surface area contributed by atoms with Crippen molar-refractivity contribution in [3.63, 3.8) is 0 Å². The van der Waals surface area contributed by atoms with Gasteiger partial charge >= 0.3 is 0 Å². The molecule has 0 spiro atoms. The molecule has 0 aromatic heterocycles. The Balaban J connectivity index is 1.61. The van der Waals surface area contributed by atoms with E-state index in [2.05, 4.69) is 0 Å². The zero-order valence-corrected chi connectivity index (χ0v) is 18.3. The molecular weight excluding hydrogens is 435 g/mol. The van der Waals surface area contributed by atoms with E-state index in [1.807, 2.05) is 31.2 Å². The fourth-order valence-corrected chi connectivity index (χ4v) is 5.72. The summed E-state index contributed by atoms with van der Waals surface area (Å²) in [4.78, 5) is 14.0. The van der Waals surface area contributed by atoms with Crippen LogP contribution in [0.1, 0.15) is 12.5 Å². The monoisotopic (exact) mass is 456 g/mol. The van der Waals surface area contributed by atoms with Crippen molar-refractivity contribution >= 4 is 39.1 Å². The van der Waals surface area contributed by atoms with Crippen LogP contribution in [-0.2, 0) is 21.2 Å². The third kappa shape index (κ3) is 4.86. The molecule has 1 aliphatic heterocycles. The van der Waals surface area contributed by atoms with E-state index < -0.39 is 10.0 Å². The first kappa shape index (κ1) is 21.9. The largest absolute Gasteiger partial charge is 0.483 e. The van der Waals surface area contributed by atoms with E-state index in [4.69, 9.17) is 27.9 Å². The molecule has 2 aromatic rings. The number of halogens is 2. The van der Waals surface area contributed by atoms with Crippen LogP contribution >= 0.6 is 23.2 Å². The molecule has 3 rings (SSSR count). The SMILES string of the molecule is CCc1ccccc1OCC(=O)N1CCN(S(=O)(=O)c2c(Cl)cccc2Cl)CC1. The summed E-state index contributed by atoms with van der Waals surface area (Å²) in [7, 11) is -3.84. The Bertz CT molecular complexity index is 969. The van der Waals surface area contributed by atoms with Gasteiger partial charge in [-0.1, -0.05) is 54.4 Å². The van der Waals surface area contributed by atoms with Gasteiger partial charge in [0.1, 0.15) is 10.6 Å². The van der Waals surface area contributed by atoms with Crippen molar-refractivity contribution in [2.75, 3.05) is 32.8 Å². The Hall–Kier alpha value is -1.80. The molecule has 0 aliphatic carbocycles. The predicted molar refractivity (Wildman–Crippen MR) is 113 cm³/mol. The molecule has 0 N–H and O–H groups in total. The number of sulfonamides is 1. The molecule has 0 saturated carbocycles. The number of carbonyl (C=O) groups is 1. The molecule has 0 unspecified atom stereocenters. The number of aryl methyl sites for hydroxylation is 1. The van der Waals surface area contributed by atoms with E-state index >= 15 is 0 Å². The van der Waals surface area contributed by atoms with Gasteiger partial charge in [0.05, 0.1) is 10.0 Å². The van der Waals surface area contributed by atoms with Crippen molar-refractivity contribution in [1.82, 2.24) is 9.21 Å². The number of benzene rings is 2. The van der Waals surface area contributed by atoms with Gasteiger partial charge in [0.25, 0.3) is 5.91 Å². The van der Waals surface area contributed by atoms with Gasteiger partial charge in [-0.05, 0) is 30.2 Å². The molecule has 0 atom stereocenters. The molecule has 1 heterocycles. The minimum Gasteiger partial charge on any atom is -0.483 e. The summed E-state index contributed by atoms with van der Waals surface area (Å²) in [6.45, 7) is 2.83. The molecule has 2 aromatic carbocycles. The molecule has 1 aliphatic rings.